The average molecular weight is 333 g/mol. The summed E-state index contributed by atoms with van der Waals surface area (Å²) in [5.74, 6) is 1.30. The molecule has 1 aromatic rings. The molecule has 3 atom stereocenters. The van der Waals surface area contributed by atoms with Crippen LogP contribution in [-0.4, -0.2) is 43.8 Å². The molecule has 0 aliphatic carbocycles. The number of nitrogens with zero attached hydrogens (tertiary/aromatic N) is 1. The first kappa shape index (κ1) is 17.1. The molecule has 3 rings (SSSR count). The van der Waals surface area contributed by atoms with E-state index in [0.717, 1.165) is 30.9 Å². The lowest BCUT2D eigenvalue weighted by atomic mass is 9.84. The highest BCUT2D eigenvalue weighted by molar-refractivity contribution is 5.66. The van der Waals surface area contributed by atoms with Gasteiger partial charge in [-0.3, -0.25) is 9.69 Å². The van der Waals surface area contributed by atoms with Crippen LogP contribution in [0.1, 0.15) is 50.6 Å². The van der Waals surface area contributed by atoms with E-state index in [2.05, 4.69) is 17.0 Å². The standard InChI is InChI=1S/C19H27NO4/c1-13(21)24-16-11-15-6-4-5-9-20(15)17(12-16)14-7-8-18(22-2)19(10-14)23-3/h7-8,10,15-17H,4-6,9,11-12H2,1-3H3/t15-,16+,17+/m1/s1. The third kappa shape index (κ3) is 3.51. The summed E-state index contributed by atoms with van der Waals surface area (Å²) < 4.78 is 16.4. The predicted molar refractivity (Wildman–Crippen MR) is 91.4 cm³/mol. The summed E-state index contributed by atoms with van der Waals surface area (Å²) in [5, 5.41) is 0. The lowest BCUT2D eigenvalue weighted by molar-refractivity contribution is -0.152. The number of ether oxygens (including phenoxy) is 3. The van der Waals surface area contributed by atoms with Crippen molar-refractivity contribution in [1.82, 2.24) is 4.90 Å². The minimum atomic E-state index is -0.185. The van der Waals surface area contributed by atoms with E-state index in [-0.39, 0.29) is 18.1 Å². The fraction of sp³-hybridized carbons (Fsp3) is 0.632. The maximum atomic E-state index is 11.4. The highest BCUT2D eigenvalue weighted by Gasteiger charge is 2.39. The Labute approximate surface area is 143 Å². The number of rotatable bonds is 4. The number of carbonyl (C=O) groups excluding carboxylic acids is 1. The molecule has 5 nitrogen and oxygen atoms in total. The van der Waals surface area contributed by atoms with E-state index >= 15 is 0 Å². The number of esters is 1. The lowest BCUT2D eigenvalue weighted by Crippen LogP contribution is -2.49. The number of methoxy groups -OCH3 is 2. The van der Waals surface area contributed by atoms with Gasteiger partial charge in [-0.15, -0.1) is 0 Å². The Morgan fingerprint density at radius 2 is 1.92 bits per heavy atom. The van der Waals surface area contributed by atoms with Gasteiger partial charge >= 0.3 is 5.97 Å². The zero-order chi connectivity index (χ0) is 17.1. The fourth-order valence-electron chi connectivity index (χ4n) is 4.19. The molecule has 0 N–H and O–H groups in total. The van der Waals surface area contributed by atoms with Gasteiger partial charge in [0.2, 0.25) is 0 Å². The molecule has 1 aromatic carbocycles. The second-order valence-corrected chi connectivity index (χ2v) is 6.72. The molecule has 0 unspecified atom stereocenters. The zero-order valence-electron chi connectivity index (χ0n) is 14.8. The molecule has 2 aliphatic rings. The molecule has 132 valence electrons. The van der Waals surface area contributed by atoms with Gasteiger partial charge in [0.1, 0.15) is 6.10 Å². The molecule has 0 amide bonds. The van der Waals surface area contributed by atoms with Crippen molar-refractivity contribution in [2.45, 2.75) is 57.2 Å². The number of carbonyl (C=O) groups is 1. The molecule has 24 heavy (non-hydrogen) atoms. The summed E-state index contributed by atoms with van der Waals surface area (Å²) in [6.07, 6.45) is 5.46. The maximum absolute atomic E-state index is 11.4. The first-order valence-electron chi connectivity index (χ1n) is 8.77. The van der Waals surface area contributed by atoms with Crippen LogP contribution in [-0.2, 0) is 9.53 Å². The van der Waals surface area contributed by atoms with Gasteiger partial charge < -0.3 is 14.2 Å². The Kier molecular flexibility index (Phi) is 5.29. The molecule has 0 radical (unpaired) electrons. The van der Waals surface area contributed by atoms with E-state index in [1.54, 1.807) is 14.2 Å². The summed E-state index contributed by atoms with van der Waals surface area (Å²) in [7, 11) is 3.31. The molecule has 0 saturated carbocycles. The van der Waals surface area contributed by atoms with E-state index < -0.39 is 0 Å². The van der Waals surface area contributed by atoms with Gasteiger partial charge in [0.05, 0.1) is 14.2 Å². The first-order chi connectivity index (χ1) is 11.6. The molecular formula is C19H27NO4. The topological polar surface area (TPSA) is 48.0 Å². The van der Waals surface area contributed by atoms with Crippen molar-refractivity contribution in [1.29, 1.82) is 0 Å². The second-order valence-electron chi connectivity index (χ2n) is 6.72. The summed E-state index contributed by atoms with van der Waals surface area (Å²) in [4.78, 5) is 14.0. The van der Waals surface area contributed by atoms with E-state index in [4.69, 9.17) is 14.2 Å². The third-order valence-electron chi connectivity index (χ3n) is 5.22. The predicted octanol–water partition coefficient (Wildman–Crippen LogP) is 3.32. The second kappa shape index (κ2) is 7.43. The van der Waals surface area contributed by atoms with Crippen LogP contribution in [0, 0.1) is 0 Å². The Balaban J connectivity index is 1.88. The van der Waals surface area contributed by atoms with Gasteiger partial charge in [-0.1, -0.05) is 12.5 Å². The minimum Gasteiger partial charge on any atom is -0.493 e. The Morgan fingerprint density at radius 1 is 1.12 bits per heavy atom. The van der Waals surface area contributed by atoms with Gasteiger partial charge in [-0.2, -0.15) is 0 Å². The van der Waals surface area contributed by atoms with Gasteiger partial charge in [0.15, 0.2) is 11.5 Å². The Bertz CT molecular complexity index is 589. The van der Waals surface area contributed by atoms with E-state index in [1.165, 1.54) is 31.7 Å². The van der Waals surface area contributed by atoms with Gasteiger partial charge in [0.25, 0.3) is 0 Å². The molecule has 2 saturated heterocycles. The molecule has 5 heteroatoms. The monoisotopic (exact) mass is 333 g/mol. The van der Waals surface area contributed by atoms with Crippen molar-refractivity contribution in [2.75, 3.05) is 20.8 Å². The molecule has 2 fully saturated rings. The van der Waals surface area contributed by atoms with Crippen LogP contribution in [0.5, 0.6) is 11.5 Å². The van der Waals surface area contributed by atoms with Crippen molar-refractivity contribution in [3.05, 3.63) is 23.8 Å². The summed E-state index contributed by atoms with van der Waals surface area (Å²) >= 11 is 0. The lowest BCUT2D eigenvalue weighted by Gasteiger charge is -2.47. The van der Waals surface area contributed by atoms with Crippen molar-refractivity contribution >= 4 is 5.97 Å². The van der Waals surface area contributed by atoms with E-state index in [1.807, 2.05) is 6.07 Å². The van der Waals surface area contributed by atoms with Crippen LogP contribution in [0.25, 0.3) is 0 Å². The number of fused-ring (bicyclic) bond motifs is 1. The largest absolute Gasteiger partial charge is 0.493 e. The highest BCUT2D eigenvalue weighted by atomic mass is 16.5. The van der Waals surface area contributed by atoms with Crippen LogP contribution < -0.4 is 9.47 Å². The Hall–Kier alpha value is -1.75. The molecular weight excluding hydrogens is 306 g/mol. The number of hydrogen-bond donors (Lipinski definition) is 0. The Morgan fingerprint density at radius 3 is 2.62 bits per heavy atom. The third-order valence-corrected chi connectivity index (χ3v) is 5.22. The van der Waals surface area contributed by atoms with E-state index in [0.29, 0.717) is 6.04 Å². The van der Waals surface area contributed by atoms with Gasteiger partial charge in [0, 0.05) is 31.8 Å². The van der Waals surface area contributed by atoms with Crippen LogP contribution in [0.3, 0.4) is 0 Å². The van der Waals surface area contributed by atoms with Crippen LogP contribution >= 0.6 is 0 Å². The normalized spacial score (nSPS) is 27.2. The molecule has 2 aliphatic heterocycles. The summed E-state index contributed by atoms with van der Waals surface area (Å²) in [5.41, 5.74) is 1.21. The SMILES string of the molecule is COc1ccc([C@@H]2C[C@@H](OC(C)=O)C[C@H]3CCCCN32)cc1OC. The van der Waals surface area contributed by atoms with Crippen molar-refractivity contribution < 1.29 is 19.0 Å². The fourth-order valence-corrected chi connectivity index (χ4v) is 4.19. The molecule has 2 heterocycles. The van der Waals surface area contributed by atoms with Gasteiger partial charge in [-0.25, -0.2) is 0 Å². The molecule has 0 spiro atoms. The van der Waals surface area contributed by atoms with Crippen LogP contribution in [0.15, 0.2) is 18.2 Å². The molecule has 0 aromatic heterocycles. The molecule has 0 bridgehead atoms. The highest BCUT2D eigenvalue weighted by Crippen LogP contribution is 2.41. The van der Waals surface area contributed by atoms with E-state index in [9.17, 15) is 4.79 Å². The maximum Gasteiger partial charge on any atom is 0.302 e. The average Bonchev–Trinajstić information content (AvgIpc) is 2.59. The van der Waals surface area contributed by atoms with Crippen molar-refractivity contribution in [3.8, 4) is 11.5 Å². The smallest absolute Gasteiger partial charge is 0.302 e. The zero-order valence-corrected chi connectivity index (χ0v) is 14.8. The van der Waals surface area contributed by atoms with Crippen molar-refractivity contribution in [3.63, 3.8) is 0 Å². The van der Waals surface area contributed by atoms with Crippen molar-refractivity contribution in [2.24, 2.45) is 0 Å². The van der Waals surface area contributed by atoms with Crippen LogP contribution in [0.2, 0.25) is 0 Å². The quantitative estimate of drug-likeness (QED) is 0.791. The van der Waals surface area contributed by atoms with Crippen LogP contribution in [0.4, 0.5) is 0 Å². The number of hydrogen-bond acceptors (Lipinski definition) is 5. The summed E-state index contributed by atoms with van der Waals surface area (Å²) in [6, 6.07) is 6.88. The van der Waals surface area contributed by atoms with Gasteiger partial charge in [-0.05, 0) is 37.1 Å². The first-order valence-corrected chi connectivity index (χ1v) is 8.77. The minimum absolute atomic E-state index is 0.0000495. The summed E-state index contributed by atoms with van der Waals surface area (Å²) in [6.45, 7) is 2.61. The number of piperidine rings is 2. The number of benzene rings is 1.